The van der Waals surface area contributed by atoms with Crippen molar-refractivity contribution in [2.45, 2.75) is 19.8 Å². The molecule has 4 nitrogen and oxygen atoms in total. The van der Waals surface area contributed by atoms with Crippen LogP contribution in [0.3, 0.4) is 0 Å². The molecule has 2 rings (SSSR count). The first-order valence-electron chi connectivity index (χ1n) is 6.00. The molecule has 0 amide bonds. The second-order valence-electron chi connectivity index (χ2n) is 4.07. The number of fused-ring (bicyclic) bond motifs is 1. The van der Waals surface area contributed by atoms with Gasteiger partial charge in [0.05, 0.1) is 12.1 Å². The molecule has 0 saturated carbocycles. The lowest BCUT2D eigenvalue weighted by molar-refractivity contribution is -0.143. The summed E-state index contributed by atoms with van der Waals surface area (Å²) < 4.78 is 4.90. The van der Waals surface area contributed by atoms with Gasteiger partial charge >= 0.3 is 5.97 Å². The molecule has 0 saturated heterocycles. The Morgan fingerprint density at radius 1 is 1.33 bits per heavy atom. The number of hydrogen-bond acceptors (Lipinski definition) is 4. The molecule has 0 bridgehead atoms. The SMILES string of the molecule is CCOC(=O)CCc1ccc2nc(N)ccc2c1. The van der Waals surface area contributed by atoms with E-state index in [4.69, 9.17) is 10.5 Å². The predicted octanol–water partition coefficient (Wildman–Crippen LogP) is 2.31. The van der Waals surface area contributed by atoms with Gasteiger partial charge in [-0.1, -0.05) is 6.07 Å². The molecule has 0 radical (unpaired) electrons. The Kier molecular flexibility index (Phi) is 3.77. The maximum atomic E-state index is 11.3. The van der Waals surface area contributed by atoms with E-state index in [2.05, 4.69) is 4.98 Å². The molecule has 4 heteroatoms. The standard InChI is InChI=1S/C14H16N2O2/c1-2-18-14(17)8-4-10-3-6-12-11(9-10)5-7-13(15)16-12/h3,5-7,9H,2,4,8H2,1H3,(H2,15,16). The van der Waals surface area contributed by atoms with Crippen molar-refractivity contribution >= 4 is 22.7 Å². The highest BCUT2D eigenvalue weighted by molar-refractivity contribution is 5.80. The molecule has 18 heavy (non-hydrogen) atoms. The first kappa shape index (κ1) is 12.4. The van der Waals surface area contributed by atoms with Crippen molar-refractivity contribution in [2.75, 3.05) is 12.3 Å². The molecule has 94 valence electrons. The average molecular weight is 244 g/mol. The second kappa shape index (κ2) is 5.49. The van der Waals surface area contributed by atoms with Crippen molar-refractivity contribution in [1.29, 1.82) is 0 Å². The predicted molar refractivity (Wildman–Crippen MR) is 71.1 cm³/mol. The summed E-state index contributed by atoms with van der Waals surface area (Å²) in [6.45, 7) is 2.24. The summed E-state index contributed by atoms with van der Waals surface area (Å²) in [6, 6.07) is 9.63. The highest BCUT2D eigenvalue weighted by Gasteiger charge is 2.04. The monoisotopic (exact) mass is 244 g/mol. The van der Waals surface area contributed by atoms with E-state index in [0.29, 0.717) is 25.3 Å². The number of rotatable bonds is 4. The smallest absolute Gasteiger partial charge is 0.306 e. The fourth-order valence-corrected chi connectivity index (χ4v) is 1.83. The van der Waals surface area contributed by atoms with Crippen molar-refractivity contribution in [3.05, 3.63) is 35.9 Å². The van der Waals surface area contributed by atoms with Crippen LogP contribution < -0.4 is 5.73 Å². The van der Waals surface area contributed by atoms with Gasteiger partial charge in [-0.3, -0.25) is 4.79 Å². The van der Waals surface area contributed by atoms with E-state index in [1.807, 2.05) is 31.2 Å². The number of carbonyl (C=O) groups excluding carboxylic acids is 1. The van der Waals surface area contributed by atoms with Crippen LogP contribution in [0.25, 0.3) is 10.9 Å². The van der Waals surface area contributed by atoms with Crippen LogP contribution in [0.1, 0.15) is 18.9 Å². The molecule has 1 aromatic heterocycles. The molecule has 0 aliphatic heterocycles. The quantitative estimate of drug-likeness (QED) is 0.838. The van der Waals surface area contributed by atoms with Crippen molar-refractivity contribution in [1.82, 2.24) is 4.98 Å². The van der Waals surface area contributed by atoms with Gasteiger partial charge in [0.1, 0.15) is 5.82 Å². The summed E-state index contributed by atoms with van der Waals surface area (Å²) in [5, 5.41) is 1.03. The molecule has 1 heterocycles. The van der Waals surface area contributed by atoms with Crippen LogP contribution in [-0.4, -0.2) is 17.6 Å². The summed E-state index contributed by atoms with van der Waals surface area (Å²) in [7, 11) is 0. The lowest BCUT2D eigenvalue weighted by Crippen LogP contribution is -2.05. The number of carbonyl (C=O) groups is 1. The molecular formula is C14H16N2O2. The van der Waals surface area contributed by atoms with E-state index in [-0.39, 0.29) is 5.97 Å². The van der Waals surface area contributed by atoms with E-state index in [0.717, 1.165) is 16.5 Å². The van der Waals surface area contributed by atoms with Crippen LogP contribution in [0.5, 0.6) is 0 Å². The van der Waals surface area contributed by atoms with Gasteiger partial charge in [-0.15, -0.1) is 0 Å². The number of ether oxygens (including phenoxy) is 1. The fraction of sp³-hybridized carbons (Fsp3) is 0.286. The molecular weight excluding hydrogens is 228 g/mol. The maximum Gasteiger partial charge on any atom is 0.306 e. The van der Waals surface area contributed by atoms with Gasteiger partial charge in [0, 0.05) is 11.8 Å². The molecule has 2 N–H and O–H groups in total. The van der Waals surface area contributed by atoms with Crippen LogP contribution in [0.4, 0.5) is 5.82 Å². The number of hydrogen-bond donors (Lipinski definition) is 1. The molecule has 0 aliphatic rings. The summed E-state index contributed by atoms with van der Waals surface area (Å²) in [4.78, 5) is 15.5. The zero-order valence-electron chi connectivity index (χ0n) is 10.3. The highest BCUT2D eigenvalue weighted by atomic mass is 16.5. The number of nitrogens with zero attached hydrogens (tertiary/aromatic N) is 1. The van der Waals surface area contributed by atoms with Crippen molar-refractivity contribution in [3.63, 3.8) is 0 Å². The first-order chi connectivity index (χ1) is 8.69. The van der Waals surface area contributed by atoms with Gasteiger partial charge in [0.15, 0.2) is 0 Å². The molecule has 1 aromatic carbocycles. The van der Waals surface area contributed by atoms with E-state index in [9.17, 15) is 4.79 Å². The maximum absolute atomic E-state index is 11.3. The zero-order chi connectivity index (χ0) is 13.0. The minimum absolute atomic E-state index is 0.159. The number of pyridine rings is 1. The molecule has 0 atom stereocenters. The first-order valence-corrected chi connectivity index (χ1v) is 6.00. The topological polar surface area (TPSA) is 65.2 Å². The highest BCUT2D eigenvalue weighted by Crippen LogP contribution is 2.16. The third-order valence-electron chi connectivity index (χ3n) is 2.70. The zero-order valence-corrected chi connectivity index (χ0v) is 10.3. The molecule has 0 unspecified atom stereocenters. The Hall–Kier alpha value is -2.10. The largest absolute Gasteiger partial charge is 0.466 e. The van der Waals surface area contributed by atoms with Crippen LogP contribution in [0.15, 0.2) is 30.3 Å². The Bertz CT molecular complexity index is 567. The van der Waals surface area contributed by atoms with Gasteiger partial charge in [-0.25, -0.2) is 4.98 Å². The van der Waals surface area contributed by atoms with Gasteiger partial charge in [0.25, 0.3) is 0 Å². The normalized spacial score (nSPS) is 10.5. The van der Waals surface area contributed by atoms with Crippen LogP contribution in [0.2, 0.25) is 0 Å². The van der Waals surface area contributed by atoms with E-state index in [1.54, 1.807) is 6.07 Å². The fourth-order valence-electron chi connectivity index (χ4n) is 1.83. The number of benzene rings is 1. The Morgan fingerprint density at radius 2 is 2.17 bits per heavy atom. The summed E-state index contributed by atoms with van der Waals surface area (Å²) in [5.74, 6) is 0.356. The molecule has 0 spiro atoms. The lowest BCUT2D eigenvalue weighted by Gasteiger charge is -2.04. The van der Waals surface area contributed by atoms with E-state index >= 15 is 0 Å². The Labute approximate surface area is 106 Å². The summed E-state index contributed by atoms with van der Waals surface area (Å²) >= 11 is 0. The van der Waals surface area contributed by atoms with Gasteiger partial charge in [-0.05, 0) is 43.2 Å². The van der Waals surface area contributed by atoms with E-state index < -0.39 is 0 Å². The number of esters is 1. The van der Waals surface area contributed by atoms with Crippen molar-refractivity contribution in [2.24, 2.45) is 0 Å². The minimum atomic E-state index is -0.159. The number of nitrogen functional groups attached to an aromatic ring is 1. The van der Waals surface area contributed by atoms with Crippen molar-refractivity contribution in [3.8, 4) is 0 Å². The molecule has 0 aliphatic carbocycles. The van der Waals surface area contributed by atoms with Crippen LogP contribution in [0, 0.1) is 0 Å². The number of aromatic nitrogens is 1. The van der Waals surface area contributed by atoms with E-state index in [1.165, 1.54) is 0 Å². The van der Waals surface area contributed by atoms with Gasteiger partial charge in [-0.2, -0.15) is 0 Å². The van der Waals surface area contributed by atoms with Gasteiger partial charge in [0.2, 0.25) is 0 Å². The van der Waals surface area contributed by atoms with Crippen molar-refractivity contribution < 1.29 is 9.53 Å². The summed E-state index contributed by atoms with van der Waals surface area (Å²) in [6.07, 6.45) is 1.08. The van der Waals surface area contributed by atoms with Crippen LogP contribution in [-0.2, 0) is 16.0 Å². The van der Waals surface area contributed by atoms with Gasteiger partial charge < -0.3 is 10.5 Å². The Balaban J connectivity index is 2.10. The average Bonchev–Trinajstić information content (AvgIpc) is 2.36. The second-order valence-corrected chi connectivity index (χ2v) is 4.07. The van der Waals surface area contributed by atoms with Crippen LogP contribution >= 0.6 is 0 Å². The lowest BCUT2D eigenvalue weighted by atomic mass is 10.1. The minimum Gasteiger partial charge on any atom is -0.466 e. The third-order valence-corrected chi connectivity index (χ3v) is 2.70. The number of aryl methyl sites for hydroxylation is 1. The summed E-state index contributed by atoms with van der Waals surface area (Å²) in [5.41, 5.74) is 7.59. The third kappa shape index (κ3) is 2.97. The Morgan fingerprint density at radius 3 is 2.94 bits per heavy atom. The number of nitrogens with two attached hydrogens (primary N) is 1. The molecule has 2 aromatic rings. The number of anilines is 1. The molecule has 0 fully saturated rings.